The molecule has 16 heavy (non-hydrogen) atoms. The predicted molar refractivity (Wildman–Crippen MR) is 61.9 cm³/mol. The van der Waals surface area contributed by atoms with Crippen LogP contribution in [0.4, 0.5) is 0 Å². The summed E-state index contributed by atoms with van der Waals surface area (Å²) in [6, 6.07) is 9.55. The van der Waals surface area contributed by atoms with Crippen LogP contribution >= 0.6 is 0 Å². The molecular formula is C13H17NO2. The minimum Gasteiger partial charge on any atom is -0.379 e. The highest BCUT2D eigenvalue weighted by molar-refractivity contribution is 5.32. The Hall–Kier alpha value is -1.37. The first-order valence-corrected chi connectivity index (χ1v) is 5.51. The molecular weight excluding hydrogens is 202 g/mol. The lowest BCUT2D eigenvalue weighted by Crippen LogP contribution is -2.04. The highest BCUT2D eigenvalue weighted by Gasteiger charge is 1.95. The number of nitriles is 1. The molecule has 0 spiro atoms. The van der Waals surface area contributed by atoms with Gasteiger partial charge in [0.15, 0.2) is 0 Å². The summed E-state index contributed by atoms with van der Waals surface area (Å²) in [5, 5.41) is 8.72. The van der Waals surface area contributed by atoms with Crippen molar-refractivity contribution in [3.8, 4) is 6.07 Å². The van der Waals surface area contributed by atoms with Gasteiger partial charge in [0.2, 0.25) is 0 Å². The van der Waals surface area contributed by atoms with Crippen molar-refractivity contribution in [2.24, 2.45) is 0 Å². The van der Waals surface area contributed by atoms with E-state index in [4.69, 9.17) is 14.7 Å². The molecule has 3 heteroatoms. The molecule has 0 aromatic heterocycles. The summed E-state index contributed by atoms with van der Waals surface area (Å²) in [7, 11) is 0. The first kappa shape index (κ1) is 12.7. The third-order valence-electron chi connectivity index (χ3n) is 2.05. The average Bonchev–Trinajstić information content (AvgIpc) is 2.34. The summed E-state index contributed by atoms with van der Waals surface area (Å²) < 4.78 is 10.7. The fourth-order valence-corrected chi connectivity index (χ4v) is 1.28. The van der Waals surface area contributed by atoms with Crippen molar-refractivity contribution in [1.82, 2.24) is 0 Å². The van der Waals surface area contributed by atoms with Crippen molar-refractivity contribution in [1.29, 1.82) is 5.26 Å². The van der Waals surface area contributed by atoms with Gasteiger partial charge in [0.1, 0.15) is 0 Å². The van der Waals surface area contributed by atoms with Crippen molar-refractivity contribution in [3.05, 3.63) is 35.4 Å². The van der Waals surface area contributed by atoms with Gasteiger partial charge < -0.3 is 9.47 Å². The van der Waals surface area contributed by atoms with Crippen molar-refractivity contribution in [2.75, 3.05) is 19.8 Å². The molecule has 0 amide bonds. The molecule has 0 fully saturated rings. The minimum absolute atomic E-state index is 0.533. The van der Waals surface area contributed by atoms with Gasteiger partial charge in [-0.2, -0.15) is 5.26 Å². The Labute approximate surface area is 96.6 Å². The fraction of sp³-hybridized carbons (Fsp3) is 0.462. The van der Waals surface area contributed by atoms with Gasteiger partial charge in [-0.15, -0.1) is 0 Å². The molecule has 1 aromatic carbocycles. The van der Waals surface area contributed by atoms with E-state index in [1.807, 2.05) is 18.2 Å². The fourth-order valence-electron chi connectivity index (χ4n) is 1.28. The SMILES string of the molecule is CCCOCCOCc1cccc(C#N)c1. The zero-order chi connectivity index (χ0) is 11.6. The van der Waals surface area contributed by atoms with Crippen LogP contribution in [0.3, 0.4) is 0 Å². The summed E-state index contributed by atoms with van der Waals surface area (Å²) in [4.78, 5) is 0. The van der Waals surface area contributed by atoms with Gasteiger partial charge in [-0.25, -0.2) is 0 Å². The summed E-state index contributed by atoms with van der Waals surface area (Å²) in [5.74, 6) is 0. The van der Waals surface area contributed by atoms with Gasteiger partial charge in [-0.05, 0) is 24.1 Å². The summed E-state index contributed by atoms with van der Waals surface area (Å²) in [6.07, 6.45) is 1.03. The number of hydrogen-bond donors (Lipinski definition) is 0. The highest BCUT2D eigenvalue weighted by Crippen LogP contribution is 2.05. The van der Waals surface area contributed by atoms with Crippen molar-refractivity contribution in [3.63, 3.8) is 0 Å². The smallest absolute Gasteiger partial charge is 0.0991 e. The van der Waals surface area contributed by atoms with Gasteiger partial charge in [0, 0.05) is 6.61 Å². The lowest BCUT2D eigenvalue weighted by molar-refractivity contribution is 0.0408. The Bertz CT molecular complexity index is 344. The topological polar surface area (TPSA) is 42.2 Å². The number of benzene rings is 1. The van der Waals surface area contributed by atoms with E-state index in [2.05, 4.69) is 13.0 Å². The van der Waals surface area contributed by atoms with E-state index in [0.29, 0.717) is 25.4 Å². The molecule has 1 rings (SSSR count). The minimum atomic E-state index is 0.533. The molecule has 0 N–H and O–H groups in total. The molecule has 0 saturated carbocycles. The van der Waals surface area contributed by atoms with E-state index in [-0.39, 0.29) is 0 Å². The monoisotopic (exact) mass is 219 g/mol. The van der Waals surface area contributed by atoms with Gasteiger partial charge in [0.05, 0.1) is 31.5 Å². The molecule has 0 atom stereocenters. The standard InChI is InChI=1S/C13H17NO2/c1-2-6-15-7-8-16-11-13-5-3-4-12(9-13)10-14/h3-5,9H,2,6-8,11H2,1H3. The number of hydrogen-bond acceptors (Lipinski definition) is 3. The summed E-state index contributed by atoms with van der Waals surface area (Å²) in [6.45, 7) is 4.62. The van der Waals surface area contributed by atoms with Crippen molar-refractivity contribution < 1.29 is 9.47 Å². The zero-order valence-corrected chi connectivity index (χ0v) is 9.61. The third-order valence-corrected chi connectivity index (χ3v) is 2.05. The van der Waals surface area contributed by atoms with Crippen LogP contribution in [0.15, 0.2) is 24.3 Å². The Morgan fingerprint density at radius 3 is 2.75 bits per heavy atom. The van der Waals surface area contributed by atoms with Crippen molar-refractivity contribution >= 4 is 0 Å². The first-order chi connectivity index (χ1) is 7.86. The maximum Gasteiger partial charge on any atom is 0.0991 e. The molecule has 0 bridgehead atoms. The summed E-state index contributed by atoms with van der Waals surface area (Å²) >= 11 is 0. The Morgan fingerprint density at radius 2 is 2.00 bits per heavy atom. The second-order valence-corrected chi connectivity index (χ2v) is 3.48. The largest absolute Gasteiger partial charge is 0.379 e. The number of ether oxygens (including phenoxy) is 2. The maximum atomic E-state index is 8.72. The predicted octanol–water partition coefficient (Wildman–Crippen LogP) is 2.50. The van der Waals surface area contributed by atoms with Gasteiger partial charge in [-0.1, -0.05) is 19.1 Å². The highest BCUT2D eigenvalue weighted by atomic mass is 16.5. The normalized spacial score (nSPS) is 10.0. The molecule has 3 nitrogen and oxygen atoms in total. The second kappa shape index (κ2) is 7.86. The molecule has 0 unspecified atom stereocenters. The van der Waals surface area contributed by atoms with Gasteiger partial charge >= 0.3 is 0 Å². The van der Waals surface area contributed by atoms with Crippen LogP contribution in [0.1, 0.15) is 24.5 Å². The maximum absolute atomic E-state index is 8.72. The molecule has 0 heterocycles. The van der Waals surface area contributed by atoms with E-state index >= 15 is 0 Å². The van der Waals surface area contributed by atoms with E-state index in [1.165, 1.54) is 0 Å². The molecule has 0 aliphatic heterocycles. The van der Waals surface area contributed by atoms with Gasteiger partial charge in [0.25, 0.3) is 0 Å². The molecule has 0 aliphatic rings. The number of nitrogens with zero attached hydrogens (tertiary/aromatic N) is 1. The second-order valence-electron chi connectivity index (χ2n) is 3.48. The van der Waals surface area contributed by atoms with E-state index < -0.39 is 0 Å². The van der Waals surface area contributed by atoms with E-state index in [1.54, 1.807) is 6.07 Å². The van der Waals surface area contributed by atoms with Crippen LogP contribution in [0.2, 0.25) is 0 Å². The van der Waals surface area contributed by atoms with Crippen molar-refractivity contribution in [2.45, 2.75) is 20.0 Å². The molecule has 0 radical (unpaired) electrons. The first-order valence-electron chi connectivity index (χ1n) is 5.51. The lowest BCUT2D eigenvalue weighted by Gasteiger charge is -2.05. The van der Waals surface area contributed by atoms with Crippen LogP contribution in [0.5, 0.6) is 0 Å². The molecule has 86 valence electrons. The van der Waals surface area contributed by atoms with Crippen LogP contribution in [-0.4, -0.2) is 19.8 Å². The number of rotatable bonds is 7. The average molecular weight is 219 g/mol. The lowest BCUT2D eigenvalue weighted by atomic mass is 10.1. The quantitative estimate of drug-likeness (QED) is 0.662. The van der Waals surface area contributed by atoms with Crippen LogP contribution < -0.4 is 0 Å². The van der Waals surface area contributed by atoms with E-state index in [0.717, 1.165) is 18.6 Å². The molecule has 1 aromatic rings. The van der Waals surface area contributed by atoms with Crippen LogP contribution in [-0.2, 0) is 16.1 Å². The third kappa shape index (κ3) is 4.92. The summed E-state index contributed by atoms with van der Waals surface area (Å²) in [5.41, 5.74) is 1.69. The van der Waals surface area contributed by atoms with Crippen LogP contribution in [0, 0.1) is 11.3 Å². The molecule has 0 saturated heterocycles. The Morgan fingerprint density at radius 1 is 1.19 bits per heavy atom. The van der Waals surface area contributed by atoms with Crippen LogP contribution in [0.25, 0.3) is 0 Å². The molecule has 0 aliphatic carbocycles. The zero-order valence-electron chi connectivity index (χ0n) is 9.61. The Balaban J connectivity index is 2.19. The van der Waals surface area contributed by atoms with Gasteiger partial charge in [-0.3, -0.25) is 0 Å². The van der Waals surface area contributed by atoms with E-state index in [9.17, 15) is 0 Å². The Kier molecular flexibility index (Phi) is 6.24.